The van der Waals surface area contributed by atoms with Crippen LogP contribution in [0, 0.1) is 0 Å². The van der Waals surface area contributed by atoms with Gasteiger partial charge in [-0.3, -0.25) is 14.5 Å². The van der Waals surface area contributed by atoms with E-state index in [0.717, 1.165) is 5.56 Å². The summed E-state index contributed by atoms with van der Waals surface area (Å²) in [6, 6.07) is 14.2. The highest BCUT2D eigenvalue weighted by molar-refractivity contribution is 7.92. The normalized spacial score (nSPS) is 11.0. The summed E-state index contributed by atoms with van der Waals surface area (Å²) in [7, 11) is -4.01. The van der Waals surface area contributed by atoms with Crippen LogP contribution in [0.3, 0.4) is 0 Å². The number of nitrogens with one attached hydrogen (secondary N) is 2. The highest BCUT2D eigenvalue weighted by atomic mass is 35.5. The van der Waals surface area contributed by atoms with Gasteiger partial charge in [0.15, 0.2) is 0 Å². The first-order chi connectivity index (χ1) is 14.4. The molecule has 0 saturated heterocycles. The maximum absolute atomic E-state index is 12.8. The molecule has 156 valence electrons. The quantitative estimate of drug-likeness (QED) is 0.548. The minimum Gasteiger partial charge on any atom is -0.494 e. The van der Waals surface area contributed by atoms with Crippen LogP contribution in [0.2, 0.25) is 5.02 Å². The Morgan fingerprint density at radius 1 is 1.13 bits per heavy atom. The van der Waals surface area contributed by atoms with Crippen LogP contribution in [0.1, 0.15) is 22.8 Å². The van der Waals surface area contributed by atoms with Crippen LogP contribution in [-0.2, 0) is 16.6 Å². The van der Waals surface area contributed by atoms with Gasteiger partial charge in [0.1, 0.15) is 10.6 Å². The first-order valence-electron chi connectivity index (χ1n) is 9.11. The van der Waals surface area contributed by atoms with Gasteiger partial charge in [0.2, 0.25) is 0 Å². The molecule has 0 spiro atoms. The average molecular weight is 446 g/mol. The molecule has 1 aromatic heterocycles. The van der Waals surface area contributed by atoms with E-state index in [4.69, 9.17) is 16.3 Å². The van der Waals surface area contributed by atoms with Gasteiger partial charge < -0.3 is 10.1 Å². The molecule has 9 heteroatoms. The lowest BCUT2D eigenvalue weighted by Crippen LogP contribution is -2.23. The number of carbonyl (C=O) groups is 1. The molecule has 0 atom stereocenters. The zero-order valence-electron chi connectivity index (χ0n) is 16.1. The van der Waals surface area contributed by atoms with Crippen molar-refractivity contribution in [3.63, 3.8) is 0 Å². The predicted molar refractivity (Wildman–Crippen MR) is 115 cm³/mol. The largest absolute Gasteiger partial charge is 0.494 e. The van der Waals surface area contributed by atoms with Crippen LogP contribution >= 0.6 is 11.6 Å². The highest BCUT2D eigenvalue weighted by Crippen LogP contribution is 2.26. The Morgan fingerprint density at radius 2 is 1.90 bits per heavy atom. The Labute approximate surface area is 180 Å². The number of aromatic nitrogens is 1. The van der Waals surface area contributed by atoms with Crippen molar-refractivity contribution in [1.29, 1.82) is 0 Å². The monoisotopic (exact) mass is 445 g/mol. The lowest BCUT2D eigenvalue weighted by atomic mass is 10.2. The van der Waals surface area contributed by atoms with Crippen LogP contribution in [0.25, 0.3) is 0 Å². The fourth-order valence-electron chi connectivity index (χ4n) is 2.63. The van der Waals surface area contributed by atoms with Gasteiger partial charge in [-0.25, -0.2) is 8.42 Å². The summed E-state index contributed by atoms with van der Waals surface area (Å²) in [5.74, 6) is 0.207. The topological polar surface area (TPSA) is 97.4 Å². The second kappa shape index (κ2) is 9.60. The van der Waals surface area contributed by atoms with Crippen molar-refractivity contribution in [2.24, 2.45) is 0 Å². The van der Waals surface area contributed by atoms with Crippen molar-refractivity contribution in [2.45, 2.75) is 18.4 Å². The lowest BCUT2D eigenvalue weighted by molar-refractivity contribution is 0.0950. The summed E-state index contributed by atoms with van der Waals surface area (Å²) < 4.78 is 33.4. The molecule has 0 bridgehead atoms. The minimum atomic E-state index is -4.01. The van der Waals surface area contributed by atoms with E-state index in [2.05, 4.69) is 15.0 Å². The third-order valence-corrected chi connectivity index (χ3v) is 5.94. The molecule has 1 heterocycles. The standard InChI is InChI=1S/C21H20ClN3O4S/c1-2-29-18-8-6-17(7-9-18)25-30(27,28)20-12-16(5-10-19(20)22)21(26)24-14-15-4-3-11-23-13-15/h3-13,25H,2,14H2,1H3,(H,24,26). The van der Waals surface area contributed by atoms with Crippen LogP contribution in [0.4, 0.5) is 5.69 Å². The zero-order chi connectivity index (χ0) is 21.6. The van der Waals surface area contributed by atoms with Crippen LogP contribution in [-0.4, -0.2) is 25.9 Å². The van der Waals surface area contributed by atoms with Crippen LogP contribution in [0.15, 0.2) is 71.9 Å². The molecule has 0 fully saturated rings. The van der Waals surface area contributed by atoms with Gasteiger partial charge >= 0.3 is 0 Å². The van der Waals surface area contributed by atoms with E-state index in [0.29, 0.717) is 18.0 Å². The average Bonchev–Trinajstić information content (AvgIpc) is 2.74. The van der Waals surface area contributed by atoms with E-state index in [-0.39, 0.29) is 22.0 Å². The molecule has 2 N–H and O–H groups in total. The fraction of sp³-hybridized carbons (Fsp3) is 0.143. The van der Waals surface area contributed by atoms with Gasteiger partial charge in [0, 0.05) is 30.2 Å². The van der Waals surface area contributed by atoms with Crippen molar-refractivity contribution >= 4 is 33.2 Å². The number of benzene rings is 2. The SMILES string of the molecule is CCOc1ccc(NS(=O)(=O)c2cc(C(=O)NCc3cccnc3)ccc2Cl)cc1. The fourth-order valence-corrected chi connectivity index (χ4v) is 4.22. The summed E-state index contributed by atoms with van der Waals surface area (Å²) in [5.41, 5.74) is 1.35. The molecule has 7 nitrogen and oxygen atoms in total. The number of carbonyl (C=O) groups excluding carboxylic acids is 1. The third-order valence-electron chi connectivity index (χ3n) is 4.08. The molecule has 30 heavy (non-hydrogen) atoms. The second-order valence-electron chi connectivity index (χ2n) is 6.25. The molecular weight excluding hydrogens is 426 g/mol. The maximum Gasteiger partial charge on any atom is 0.263 e. The number of hydrogen-bond acceptors (Lipinski definition) is 5. The zero-order valence-corrected chi connectivity index (χ0v) is 17.7. The molecule has 0 aliphatic carbocycles. The number of ether oxygens (including phenoxy) is 1. The van der Waals surface area contributed by atoms with Crippen LogP contribution < -0.4 is 14.8 Å². The highest BCUT2D eigenvalue weighted by Gasteiger charge is 2.20. The summed E-state index contributed by atoms with van der Waals surface area (Å²) in [5, 5.41) is 2.74. The molecule has 2 aromatic carbocycles. The van der Waals surface area contributed by atoms with Gasteiger partial charge in [-0.05, 0) is 61.0 Å². The molecule has 3 aromatic rings. The summed E-state index contributed by atoms with van der Waals surface area (Å²) in [4.78, 5) is 16.3. The lowest BCUT2D eigenvalue weighted by Gasteiger charge is -2.12. The number of nitrogens with zero attached hydrogens (tertiary/aromatic N) is 1. The number of halogens is 1. The second-order valence-corrected chi connectivity index (χ2v) is 8.31. The summed E-state index contributed by atoms with van der Waals surface area (Å²) >= 11 is 6.11. The van der Waals surface area contributed by atoms with Crippen molar-refractivity contribution < 1.29 is 17.9 Å². The van der Waals surface area contributed by atoms with Gasteiger partial charge in [-0.1, -0.05) is 17.7 Å². The van der Waals surface area contributed by atoms with E-state index in [9.17, 15) is 13.2 Å². The van der Waals surface area contributed by atoms with Crippen molar-refractivity contribution in [1.82, 2.24) is 10.3 Å². The van der Waals surface area contributed by atoms with Gasteiger partial charge in [-0.2, -0.15) is 0 Å². The third kappa shape index (κ3) is 5.49. The molecule has 0 radical (unpaired) electrons. The number of rotatable bonds is 8. The molecule has 0 unspecified atom stereocenters. The predicted octanol–water partition coefficient (Wildman–Crippen LogP) is 3.86. The van der Waals surface area contributed by atoms with E-state index in [1.165, 1.54) is 18.2 Å². The Balaban J connectivity index is 1.76. The Morgan fingerprint density at radius 3 is 2.57 bits per heavy atom. The van der Waals surface area contributed by atoms with Gasteiger partial charge in [0.25, 0.3) is 15.9 Å². The number of amides is 1. The first-order valence-corrected chi connectivity index (χ1v) is 11.0. The van der Waals surface area contributed by atoms with E-state index >= 15 is 0 Å². The Kier molecular flexibility index (Phi) is 6.91. The van der Waals surface area contributed by atoms with Crippen molar-refractivity contribution in [3.05, 3.63) is 83.1 Å². The molecular formula is C21H20ClN3O4S. The van der Waals surface area contributed by atoms with E-state index in [1.807, 2.05) is 13.0 Å². The maximum atomic E-state index is 12.8. The molecule has 0 aliphatic heterocycles. The Bertz CT molecular complexity index is 1120. The van der Waals surface area contributed by atoms with Crippen LogP contribution in [0.5, 0.6) is 5.75 Å². The first kappa shape index (κ1) is 21.6. The number of anilines is 1. The molecule has 3 rings (SSSR count). The van der Waals surface area contributed by atoms with E-state index < -0.39 is 15.9 Å². The Hall–Kier alpha value is -3.10. The van der Waals surface area contributed by atoms with E-state index in [1.54, 1.807) is 42.7 Å². The smallest absolute Gasteiger partial charge is 0.263 e. The van der Waals surface area contributed by atoms with Gasteiger partial charge in [-0.15, -0.1) is 0 Å². The number of hydrogen-bond donors (Lipinski definition) is 2. The van der Waals surface area contributed by atoms with Crippen molar-refractivity contribution in [2.75, 3.05) is 11.3 Å². The summed E-state index contributed by atoms with van der Waals surface area (Å²) in [6.45, 7) is 2.64. The molecule has 1 amide bonds. The van der Waals surface area contributed by atoms with Gasteiger partial charge in [0.05, 0.1) is 11.6 Å². The van der Waals surface area contributed by atoms with Crippen molar-refractivity contribution in [3.8, 4) is 5.75 Å². The molecule has 0 aliphatic rings. The molecule has 0 saturated carbocycles. The number of pyridine rings is 1. The minimum absolute atomic E-state index is 0.0113. The summed E-state index contributed by atoms with van der Waals surface area (Å²) in [6.07, 6.45) is 3.28. The number of sulfonamides is 1.